The van der Waals surface area contributed by atoms with E-state index in [9.17, 15) is 5.11 Å². The Morgan fingerprint density at radius 2 is 2.06 bits per heavy atom. The molecule has 3 heterocycles. The van der Waals surface area contributed by atoms with Gasteiger partial charge in [0.25, 0.3) is 0 Å². The van der Waals surface area contributed by atoms with Gasteiger partial charge in [-0.15, -0.1) is 0 Å². The topological polar surface area (TPSA) is 81.7 Å². The molecule has 2 saturated heterocycles. The summed E-state index contributed by atoms with van der Waals surface area (Å²) in [6.07, 6.45) is 3.12. The second kappa shape index (κ2) is 10.6. The van der Waals surface area contributed by atoms with Gasteiger partial charge in [0.05, 0.1) is 32.1 Å². The number of benzene rings is 1. The first-order valence-electron chi connectivity index (χ1n) is 12.4. The monoisotopic (exact) mass is 554 g/mol. The Morgan fingerprint density at radius 1 is 1.29 bits per heavy atom. The molecule has 1 aromatic rings. The lowest BCUT2D eigenvalue weighted by molar-refractivity contribution is -0.247. The Morgan fingerprint density at radius 3 is 2.66 bits per heavy atom. The average Bonchev–Trinajstić information content (AvgIpc) is 3.16. The fraction of sp³-hybridized carbons (Fsp3) is 0.692. The highest BCUT2D eigenvalue weighted by atomic mass is 79.9. The number of piperidine rings is 2. The Hall–Kier alpha value is -1.36. The minimum Gasteiger partial charge on any atom is -0.504 e. The molecule has 3 aliphatic heterocycles. The van der Waals surface area contributed by atoms with Gasteiger partial charge >= 0.3 is 0 Å². The summed E-state index contributed by atoms with van der Waals surface area (Å²) in [6, 6.07) is 4.04. The summed E-state index contributed by atoms with van der Waals surface area (Å²) >= 11 is 3.63. The Labute approximate surface area is 217 Å². The molecule has 6 atom stereocenters. The first-order valence-corrected chi connectivity index (χ1v) is 13.2. The maximum Gasteiger partial charge on any atom is 0.187 e. The zero-order chi connectivity index (χ0) is 25.4. The van der Waals surface area contributed by atoms with Gasteiger partial charge in [0.1, 0.15) is 11.4 Å². The smallest absolute Gasteiger partial charge is 0.187 e. The first kappa shape index (κ1) is 26.7. The third-order valence-corrected chi connectivity index (χ3v) is 8.67. The third kappa shape index (κ3) is 4.08. The quantitative estimate of drug-likeness (QED) is 0.349. The van der Waals surface area contributed by atoms with Gasteiger partial charge in [-0.1, -0.05) is 29.3 Å². The number of halogens is 1. The number of hydrogen-bond donors (Lipinski definition) is 2. The van der Waals surface area contributed by atoms with E-state index < -0.39 is 17.6 Å². The summed E-state index contributed by atoms with van der Waals surface area (Å²) in [7, 11) is 6.57. The summed E-state index contributed by atoms with van der Waals surface area (Å²) in [5, 5.41) is 14.5. The van der Waals surface area contributed by atoms with Crippen LogP contribution in [0.3, 0.4) is 0 Å². The van der Waals surface area contributed by atoms with Gasteiger partial charge in [0.2, 0.25) is 0 Å². The van der Waals surface area contributed by atoms with Crippen molar-refractivity contribution in [2.45, 2.75) is 56.8 Å². The predicted molar refractivity (Wildman–Crippen MR) is 137 cm³/mol. The molecule has 0 spiro atoms. The fourth-order valence-electron chi connectivity index (χ4n) is 6.79. The summed E-state index contributed by atoms with van der Waals surface area (Å²) < 4.78 is 30.7. The highest BCUT2D eigenvalue weighted by Crippen LogP contribution is 2.61. The number of ether oxygens (including phenoxy) is 5. The van der Waals surface area contributed by atoms with Crippen LogP contribution in [0.1, 0.15) is 38.7 Å². The van der Waals surface area contributed by atoms with Gasteiger partial charge in [-0.05, 0) is 43.7 Å². The molecule has 1 unspecified atom stereocenters. The summed E-state index contributed by atoms with van der Waals surface area (Å²) in [5.41, 5.74) is 1.15. The van der Waals surface area contributed by atoms with Crippen molar-refractivity contribution in [1.82, 2.24) is 4.90 Å². The van der Waals surface area contributed by atoms with Crippen LogP contribution in [0.4, 0.5) is 5.69 Å². The molecule has 0 aliphatic carbocycles. The third-order valence-electron chi connectivity index (χ3n) is 8.21. The van der Waals surface area contributed by atoms with Crippen LogP contribution in [0.2, 0.25) is 0 Å². The number of aliphatic hydroxyl groups is 1. The molecule has 9 heteroatoms. The summed E-state index contributed by atoms with van der Waals surface area (Å²) in [5.74, 6) is 1.18. The molecule has 2 fully saturated rings. The van der Waals surface area contributed by atoms with Crippen LogP contribution in [-0.2, 0) is 24.5 Å². The highest BCUT2D eigenvalue weighted by molar-refractivity contribution is 9.10. The molecular weight excluding hydrogens is 516 g/mol. The SMILES string of the molecule is CCO[C@]12CCN3C[C@@H](CC)[C@@H](/C(=C\OC)C(O)OC)C[C@H]3[C@@]1(OC)Nc1cc(Br)cc(OC)c12. The molecule has 0 radical (unpaired) electrons. The van der Waals surface area contributed by atoms with Crippen molar-refractivity contribution >= 4 is 21.6 Å². The molecule has 0 amide bonds. The van der Waals surface area contributed by atoms with Crippen LogP contribution in [0.25, 0.3) is 0 Å². The molecule has 0 saturated carbocycles. The van der Waals surface area contributed by atoms with Crippen LogP contribution in [0.5, 0.6) is 5.75 Å². The van der Waals surface area contributed by atoms with Gasteiger partial charge in [-0.2, -0.15) is 0 Å². The highest BCUT2D eigenvalue weighted by Gasteiger charge is 2.69. The summed E-state index contributed by atoms with van der Waals surface area (Å²) in [6.45, 7) is 6.52. The zero-order valence-corrected chi connectivity index (χ0v) is 23.2. The number of nitrogens with one attached hydrogen (secondary N) is 1. The van der Waals surface area contributed by atoms with Crippen LogP contribution in [0, 0.1) is 11.8 Å². The summed E-state index contributed by atoms with van der Waals surface area (Å²) in [4.78, 5) is 2.52. The second-order valence-corrected chi connectivity index (χ2v) is 10.5. The van der Waals surface area contributed by atoms with E-state index in [1.807, 2.05) is 13.0 Å². The standard InChI is InChI=1S/C26H39BrN2O6/c1-7-16-14-29-10-9-25(35-8-2)23-20(11-17(27)12-21(23)32-4)28-26(25,34-6)22(29)13-18(16)19(15-31-3)24(30)33-5/h11-12,15-16,18,22,24,28,30H,7-10,13-14H2,1-6H3/b19-15+/t16-,18+,22+,24?,25+,26+/m1/s1. The van der Waals surface area contributed by atoms with E-state index in [2.05, 4.69) is 39.1 Å². The number of methoxy groups -OCH3 is 4. The maximum absolute atomic E-state index is 10.7. The molecule has 0 aromatic heterocycles. The van der Waals surface area contributed by atoms with E-state index in [1.54, 1.807) is 27.6 Å². The number of rotatable bonds is 9. The van der Waals surface area contributed by atoms with Gasteiger partial charge < -0.3 is 34.1 Å². The Bertz CT molecular complexity index is 945. The fourth-order valence-corrected chi connectivity index (χ4v) is 7.23. The van der Waals surface area contributed by atoms with Gasteiger partial charge in [-0.25, -0.2) is 0 Å². The van der Waals surface area contributed by atoms with Crippen molar-refractivity contribution in [3.05, 3.63) is 34.0 Å². The normalized spacial score (nSPS) is 33.4. The van der Waals surface area contributed by atoms with E-state index in [0.717, 1.165) is 59.4 Å². The lowest BCUT2D eigenvalue weighted by Crippen LogP contribution is -2.73. The minimum absolute atomic E-state index is 0.0270. The molecule has 0 bridgehead atoms. The number of hydrogen-bond acceptors (Lipinski definition) is 8. The van der Waals surface area contributed by atoms with E-state index in [-0.39, 0.29) is 12.0 Å². The number of aliphatic hydroxyl groups excluding tert-OH is 1. The molecule has 3 aliphatic rings. The molecule has 4 rings (SSSR count). The van der Waals surface area contributed by atoms with Crippen molar-refractivity contribution in [2.75, 3.05) is 53.5 Å². The number of nitrogens with zero attached hydrogens (tertiary/aromatic N) is 1. The molecule has 2 N–H and O–H groups in total. The van der Waals surface area contributed by atoms with Crippen molar-refractivity contribution < 1.29 is 28.8 Å². The van der Waals surface area contributed by atoms with Gasteiger partial charge in [-0.3, -0.25) is 4.90 Å². The van der Waals surface area contributed by atoms with E-state index in [0.29, 0.717) is 12.5 Å². The first-order chi connectivity index (χ1) is 16.9. The van der Waals surface area contributed by atoms with E-state index >= 15 is 0 Å². The van der Waals surface area contributed by atoms with Crippen molar-refractivity contribution in [2.24, 2.45) is 11.8 Å². The van der Waals surface area contributed by atoms with E-state index in [1.165, 1.54) is 7.11 Å². The van der Waals surface area contributed by atoms with Crippen LogP contribution >= 0.6 is 15.9 Å². The van der Waals surface area contributed by atoms with Crippen molar-refractivity contribution in [1.29, 1.82) is 0 Å². The second-order valence-electron chi connectivity index (χ2n) is 9.57. The number of fused-ring (bicyclic) bond motifs is 5. The molecule has 196 valence electrons. The molecule has 1 aromatic carbocycles. The zero-order valence-electron chi connectivity index (χ0n) is 21.6. The van der Waals surface area contributed by atoms with Gasteiger partial charge in [0, 0.05) is 49.6 Å². The van der Waals surface area contributed by atoms with Crippen molar-refractivity contribution in [3.8, 4) is 5.75 Å². The largest absolute Gasteiger partial charge is 0.504 e. The molecular formula is C26H39BrN2O6. The van der Waals surface area contributed by atoms with Gasteiger partial charge in [0.15, 0.2) is 12.0 Å². The predicted octanol–water partition coefficient (Wildman–Crippen LogP) is 4.07. The van der Waals surface area contributed by atoms with Crippen LogP contribution < -0.4 is 10.1 Å². The lowest BCUT2D eigenvalue weighted by Gasteiger charge is -2.59. The lowest BCUT2D eigenvalue weighted by atomic mass is 9.67. The van der Waals surface area contributed by atoms with E-state index in [4.69, 9.17) is 23.7 Å². The van der Waals surface area contributed by atoms with Crippen LogP contribution in [-0.4, -0.2) is 76.2 Å². The minimum atomic E-state index is -1.02. The molecule has 8 nitrogen and oxygen atoms in total. The average molecular weight is 556 g/mol. The maximum atomic E-state index is 10.7. The number of anilines is 1. The Kier molecular flexibility index (Phi) is 8.05. The molecule has 35 heavy (non-hydrogen) atoms. The Balaban J connectivity index is 1.85. The van der Waals surface area contributed by atoms with Crippen molar-refractivity contribution in [3.63, 3.8) is 0 Å². The van der Waals surface area contributed by atoms with Crippen LogP contribution in [0.15, 0.2) is 28.4 Å².